The van der Waals surface area contributed by atoms with E-state index in [2.05, 4.69) is 10.4 Å². The number of hydrogen-bond acceptors (Lipinski definition) is 5. The van der Waals surface area contributed by atoms with E-state index in [-0.39, 0.29) is 30.3 Å². The van der Waals surface area contributed by atoms with E-state index in [1.54, 1.807) is 7.05 Å². The van der Waals surface area contributed by atoms with Crippen molar-refractivity contribution in [3.63, 3.8) is 0 Å². The van der Waals surface area contributed by atoms with Gasteiger partial charge in [-0.3, -0.25) is 4.79 Å². The van der Waals surface area contributed by atoms with E-state index < -0.39 is 5.76 Å². The number of rotatable bonds is 8. The SMILES string of the molecule is CC(C)CCC(=O)c1nn(CCN(C)C(=O)NC2CCCCC2)c(=O)o1. The molecular weight excluding hydrogens is 336 g/mol. The summed E-state index contributed by atoms with van der Waals surface area (Å²) in [6.07, 6.45) is 6.60. The number of ketones is 1. The molecule has 1 N–H and O–H groups in total. The fourth-order valence-electron chi connectivity index (χ4n) is 2.96. The van der Waals surface area contributed by atoms with E-state index in [1.165, 1.54) is 11.3 Å². The van der Waals surface area contributed by atoms with Crippen LogP contribution >= 0.6 is 0 Å². The Bertz CT molecular complexity index is 658. The van der Waals surface area contributed by atoms with Crippen molar-refractivity contribution in [2.45, 2.75) is 71.4 Å². The standard InChI is InChI=1S/C18H30N4O4/c1-13(2)9-10-15(23)16-20-22(18(25)26-16)12-11-21(3)17(24)19-14-7-5-4-6-8-14/h13-14H,4-12H2,1-3H3,(H,19,24). The number of likely N-dealkylation sites (N-methyl/N-ethyl adjacent to an activating group) is 1. The lowest BCUT2D eigenvalue weighted by Crippen LogP contribution is -2.45. The Morgan fingerprint density at radius 2 is 2.00 bits per heavy atom. The number of urea groups is 1. The van der Waals surface area contributed by atoms with Gasteiger partial charge < -0.3 is 14.6 Å². The number of carbonyl (C=O) groups excluding carboxylic acids is 2. The molecule has 1 heterocycles. The largest absolute Gasteiger partial charge is 0.437 e. The number of aromatic nitrogens is 2. The third kappa shape index (κ3) is 6.00. The van der Waals surface area contributed by atoms with E-state index in [1.807, 2.05) is 13.8 Å². The van der Waals surface area contributed by atoms with Gasteiger partial charge in [-0.2, -0.15) is 4.68 Å². The van der Waals surface area contributed by atoms with E-state index in [9.17, 15) is 14.4 Å². The summed E-state index contributed by atoms with van der Waals surface area (Å²) in [4.78, 5) is 37.6. The minimum atomic E-state index is -0.668. The monoisotopic (exact) mass is 366 g/mol. The molecule has 0 spiro atoms. The van der Waals surface area contributed by atoms with Gasteiger partial charge in [0, 0.05) is 26.1 Å². The van der Waals surface area contributed by atoms with Crippen molar-refractivity contribution >= 4 is 11.8 Å². The lowest BCUT2D eigenvalue weighted by molar-refractivity contribution is 0.0939. The predicted octanol–water partition coefficient (Wildman–Crippen LogP) is 2.43. The zero-order valence-corrected chi connectivity index (χ0v) is 16.0. The van der Waals surface area contributed by atoms with E-state index in [4.69, 9.17) is 4.42 Å². The highest BCUT2D eigenvalue weighted by Crippen LogP contribution is 2.17. The second kappa shape index (κ2) is 9.54. The maximum absolute atomic E-state index is 12.2. The minimum absolute atomic E-state index is 0.148. The molecule has 0 aromatic carbocycles. The molecule has 0 radical (unpaired) electrons. The van der Waals surface area contributed by atoms with Gasteiger partial charge in [-0.05, 0) is 25.2 Å². The number of nitrogens with zero attached hydrogens (tertiary/aromatic N) is 3. The average molecular weight is 366 g/mol. The normalized spacial score (nSPS) is 15.2. The van der Waals surface area contributed by atoms with Gasteiger partial charge in [-0.15, -0.1) is 5.10 Å². The average Bonchev–Trinajstić information content (AvgIpc) is 2.99. The molecule has 0 atom stereocenters. The van der Waals surface area contributed by atoms with E-state index >= 15 is 0 Å². The molecule has 1 aliphatic carbocycles. The zero-order chi connectivity index (χ0) is 19.1. The summed E-state index contributed by atoms with van der Waals surface area (Å²) < 4.78 is 6.05. The summed E-state index contributed by atoms with van der Waals surface area (Å²) >= 11 is 0. The maximum atomic E-state index is 12.2. The van der Waals surface area contributed by atoms with Crippen molar-refractivity contribution in [1.29, 1.82) is 0 Å². The zero-order valence-electron chi connectivity index (χ0n) is 16.0. The molecule has 0 unspecified atom stereocenters. The third-order valence-corrected chi connectivity index (χ3v) is 4.72. The van der Waals surface area contributed by atoms with Crippen molar-refractivity contribution in [1.82, 2.24) is 20.0 Å². The summed E-state index contributed by atoms with van der Waals surface area (Å²) in [5.74, 6) is -0.689. The van der Waals surface area contributed by atoms with Crippen LogP contribution in [0.2, 0.25) is 0 Å². The van der Waals surface area contributed by atoms with Gasteiger partial charge in [0.15, 0.2) is 0 Å². The van der Waals surface area contributed by atoms with E-state index in [0.717, 1.165) is 36.8 Å². The molecule has 146 valence electrons. The van der Waals surface area contributed by atoms with Crippen LogP contribution in [0.15, 0.2) is 9.21 Å². The quantitative estimate of drug-likeness (QED) is 0.713. The number of carbonyl (C=O) groups is 2. The molecule has 1 fully saturated rings. The van der Waals surface area contributed by atoms with Crippen molar-refractivity contribution in [2.24, 2.45) is 5.92 Å². The second-order valence-corrected chi connectivity index (χ2v) is 7.46. The number of amides is 2. The van der Waals surface area contributed by atoms with E-state index in [0.29, 0.717) is 18.9 Å². The molecule has 8 nitrogen and oxygen atoms in total. The van der Waals surface area contributed by atoms with Crippen LogP contribution in [-0.4, -0.2) is 46.1 Å². The highest BCUT2D eigenvalue weighted by molar-refractivity contribution is 5.91. The van der Waals surface area contributed by atoms with Crippen molar-refractivity contribution in [3.05, 3.63) is 16.4 Å². The van der Waals surface area contributed by atoms with Crippen molar-refractivity contribution in [3.8, 4) is 0 Å². The molecule has 1 saturated carbocycles. The molecule has 1 aromatic rings. The Labute approximate surface area is 153 Å². The Balaban J connectivity index is 1.83. The van der Waals surface area contributed by atoms with Crippen LogP contribution in [0.1, 0.15) is 69.5 Å². The fourth-order valence-corrected chi connectivity index (χ4v) is 2.96. The van der Waals surface area contributed by atoms with Crippen LogP contribution < -0.4 is 11.1 Å². The van der Waals surface area contributed by atoms with Gasteiger partial charge >= 0.3 is 11.8 Å². The first-order chi connectivity index (χ1) is 12.4. The summed E-state index contributed by atoms with van der Waals surface area (Å²) in [7, 11) is 1.68. The van der Waals surface area contributed by atoms with Gasteiger partial charge in [0.25, 0.3) is 5.89 Å². The van der Waals surface area contributed by atoms with Crippen LogP contribution in [0.3, 0.4) is 0 Å². The van der Waals surface area contributed by atoms with Crippen LogP contribution in [0.4, 0.5) is 4.79 Å². The van der Waals surface area contributed by atoms with Crippen molar-refractivity contribution in [2.75, 3.05) is 13.6 Å². The molecular formula is C18H30N4O4. The van der Waals surface area contributed by atoms with Gasteiger partial charge in [-0.1, -0.05) is 33.1 Å². The molecule has 0 bridgehead atoms. The Morgan fingerprint density at radius 1 is 1.31 bits per heavy atom. The first-order valence-corrected chi connectivity index (χ1v) is 9.49. The summed E-state index contributed by atoms with van der Waals surface area (Å²) in [6.45, 7) is 4.55. The molecule has 26 heavy (non-hydrogen) atoms. The van der Waals surface area contributed by atoms with Gasteiger partial charge in [-0.25, -0.2) is 9.59 Å². The molecule has 0 saturated heterocycles. The second-order valence-electron chi connectivity index (χ2n) is 7.46. The Morgan fingerprint density at radius 3 is 2.65 bits per heavy atom. The van der Waals surface area contributed by atoms with Gasteiger partial charge in [0.05, 0.1) is 6.54 Å². The molecule has 2 amide bonds. The Kier molecular flexibility index (Phi) is 7.41. The van der Waals surface area contributed by atoms with Crippen LogP contribution in [0.25, 0.3) is 0 Å². The van der Waals surface area contributed by atoms with Crippen molar-refractivity contribution < 1.29 is 14.0 Å². The smallest absolute Gasteiger partial charge is 0.384 e. The summed E-state index contributed by atoms with van der Waals surface area (Å²) in [5.41, 5.74) is 0. The summed E-state index contributed by atoms with van der Waals surface area (Å²) in [6, 6.07) is 0.0836. The minimum Gasteiger partial charge on any atom is -0.384 e. The molecule has 2 rings (SSSR count). The lowest BCUT2D eigenvalue weighted by atomic mass is 9.96. The summed E-state index contributed by atoms with van der Waals surface area (Å²) in [5, 5.41) is 6.99. The highest BCUT2D eigenvalue weighted by atomic mass is 16.4. The Hall–Kier alpha value is -2.12. The molecule has 8 heteroatoms. The lowest BCUT2D eigenvalue weighted by Gasteiger charge is -2.26. The highest BCUT2D eigenvalue weighted by Gasteiger charge is 2.19. The first kappa shape index (κ1) is 20.2. The topological polar surface area (TPSA) is 97.4 Å². The number of nitrogens with one attached hydrogen (secondary N) is 1. The molecule has 1 aliphatic rings. The predicted molar refractivity (Wildman–Crippen MR) is 97.2 cm³/mol. The van der Waals surface area contributed by atoms with Gasteiger partial charge in [0.2, 0.25) is 5.78 Å². The first-order valence-electron chi connectivity index (χ1n) is 9.49. The van der Waals surface area contributed by atoms with Crippen LogP contribution in [0, 0.1) is 5.92 Å². The van der Waals surface area contributed by atoms with Crippen LogP contribution in [-0.2, 0) is 6.54 Å². The number of hydrogen-bond donors (Lipinski definition) is 1. The fraction of sp³-hybridized carbons (Fsp3) is 0.778. The maximum Gasteiger partial charge on any atom is 0.437 e. The van der Waals surface area contributed by atoms with Gasteiger partial charge in [0.1, 0.15) is 0 Å². The third-order valence-electron chi connectivity index (χ3n) is 4.72. The molecule has 1 aromatic heterocycles. The van der Waals surface area contributed by atoms with Crippen LogP contribution in [0.5, 0.6) is 0 Å². The number of Topliss-reactive ketones (excluding diaryl/α,β-unsaturated/α-hetero) is 1. The molecule has 0 aliphatic heterocycles.